The molecule has 0 bridgehead atoms. The number of anilines is 2. The van der Waals surface area contributed by atoms with Crippen LogP contribution in [-0.4, -0.2) is 23.6 Å². The Bertz CT molecular complexity index is 601. The molecule has 0 amide bonds. The molecule has 5 nitrogen and oxygen atoms in total. The Labute approximate surface area is 125 Å². The molecular formula is C16H22N4O. The summed E-state index contributed by atoms with van der Waals surface area (Å²) in [4.78, 5) is 11.1. The average Bonchev–Trinajstić information content (AvgIpc) is 2.48. The van der Waals surface area contributed by atoms with E-state index in [2.05, 4.69) is 21.8 Å². The first-order chi connectivity index (χ1) is 10.1. The van der Waals surface area contributed by atoms with Crippen molar-refractivity contribution in [3.63, 3.8) is 0 Å². The number of nitrogens with two attached hydrogens (primary N) is 1. The van der Waals surface area contributed by atoms with Crippen molar-refractivity contribution < 1.29 is 4.74 Å². The number of aromatic nitrogens is 2. The quantitative estimate of drug-likeness (QED) is 0.827. The first kappa shape index (κ1) is 15.1. The monoisotopic (exact) mass is 286 g/mol. The first-order valence-electron chi connectivity index (χ1n) is 7.12. The number of benzene rings is 1. The van der Waals surface area contributed by atoms with Gasteiger partial charge >= 0.3 is 0 Å². The molecule has 1 aromatic heterocycles. The summed E-state index contributed by atoms with van der Waals surface area (Å²) < 4.78 is 5.24. The highest BCUT2D eigenvalue weighted by Crippen LogP contribution is 2.20. The molecule has 0 radical (unpaired) electrons. The molecule has 0 saturated heterocycles. The molecule has 1 heterocycles. The topological polar surface area (TPSA) is 64.3 Å². The van der Waals surface area contributed by atoms with Gasteiger partial charge in [-0.2, -0.15) is 4.98 Å². The lowest BCUT2D eigenvalue weighted by atomic mass is 10.1. The number of nitrogens with zero attached hydrogens (tertiary/aromatic N) is 3. The van der Waals surface area contributed by atoms with Gasteiger partial charge in [0.15, 0.2) is 0 Å². The summed E-state index contributed by atoms with van der Waals surface area (Å²) in [6, 6.07) is 9.70. The van der Waals surface area contributed by atoms with Gasteiger partial charge in [0.2, 0.25) is 11.8 Å². The Morgan fingerprint density at radius 1 is 1.24 bits per heavy atom. The molecule has 21 heavy (non-hydrogen) atoms. The van der Waals surface area contributed by atoms with Gasteiger partial charge in [0, 0.05) is 30.5 Å². The third-order valence-corrected chi connectivity index (χ3v) is 3.22. The second kappa shape index (κ2) is 6.92. The van der Waals surface area contributed by atoms with E-state index in [0.29, 0.717) is 18.4 Å². The molecule has 0 fully saturated rings. The predicted molar refractivity (Wildman–Crippen MR) is 85.5 cm³/mol. The number of hydrogen-bond acceptors (Lipinski definition) is 5. The van der Waals surface area contributed by atoms with Crippen molar-refractivity contribution in [3.05, 3.63) is 41.6 Å². The van der Waals surface area contributed by atoms with Crippen LogP contribution >= 0.6 is 0 Å². The van der Waals surface area contributed by atoms with Crippen LogP contribution in [-0.2, 0) is 6.54 Å². The molecule has 0 aliphatic carbocycles. The fraction of sp³-hybridized carbons (Fsp3) is 0.375. The van der Waals surface area contributed by atoms with Crippen molar-refractivity contribution >= 4 is 11.6 Å². The molecule has 2 rings (SSSR count). The minimum Gasteiger partial charge on any atom is -0.481 e. The van der Waals surface area contributed by atoms with Crippen LogP contribution in [0.15, 0.2) is 30.3 Å². The van der Waals surface area contributed by atoms with Gasteiger partial charge in [-0.1, -0.05) is 25.1 Å². The maximum atomic E-state index is 6.04. The molecule has 2 aromatic rings. The summed E-state index contributed by atoms with van der Waals surface area (Å²) in [5, 5.41) is 0. The third-order valence-electron chi connectivity index (χ3n) is 3.22. The van der Waals surface area contributed by atoms with E-state index in [1.54, 1.807) is 7.11 Å². The summed E-state index contributed by atoms with van der Waals surface area (Å²) in [6.45, 7) is 5.62. The molecule has 112 valence electrons. The molecule has 0 unspecified atom stereocenters. The van der Waals surface area contributed by atoms with Crippen LogP contribution in [0, 0.1) is 6.92 Å². The smallest absolute Gasteiger partial charge is 0.229 e. The summed E-state index contributed by atoms with van der Waals surface area (Å²) in [6.07, 6.45) is 1.01. The van der Waals surface area contributed by atoms with E-state index in [-0.39, 0.29) is 0 Å². The van der Waals surface area contributed by atoms with Crippen LogP contribution in [0.1, 0.15) is 24.6 Å². The summed E-state index contributed by atoms with van der Waals surface area (Å²) in [5.41, 5.74) is 8.79. The lowest BCUT2D eigenvalue weighted by molar-refractivity contribution is 0.396. The van der Waals surface area contributed by atoms with E-state index in [9.17, 15) is 0 Å². The lowest BCUT2D eigenvalue weighted by Gasteiger charge is -2.23. The number of hydrogen-bond donors (Lipinski definition) is 1. The van der Waals surface area contributed by atoms with Gasteiger partial charge in [0.05, 0.1) is 7.11 Å². The van der Waals surface area contributed by atoms with Gasteiger partial charge in [-0.15, -0.1) is 0 Å². The zero-order valence-electron chi connectivity index (χ0n) is 12.8. The lowest BCUT2D eigenvalue weighted by Crippen LogP contribution is -2.26. The molecule has 0 atom stereocenters. The zero-order valence-corrected chi connectivity index (χ0v) is 12.8. The fourth-order valence-corrected chi connectivity index (χ4v) is 2.17. The second-order valence-corrected chi connectivity index (χ2v) is 4.97. The molecule has 0 aliphatic heterocycles. The number of methoxy groups -OCH3 is 1. The summed E-state index contributed by atoms with van der Waals surface area (Å²) in [5.74, 6) is 1.26. The number of para-hydroxylation sites is 1. The van der Waals surface area contributed by atoms with Crippen LogP contribution in [0.25, 0.3) is 0 Å². The van der Waals surface area contributed by atoms with Crippen LogP contribution in [0.4, 0.5) is 11.6 Å². The average molecular weight is 286 g/mol. The van der Waals surface area contributed by atoms with Gasteiger partial charge in [-0.25, -0.2) is 4.98 Å². The van der Waals surface area contributed by atoms with Gasteiger partial charge in [-0.3, -0.25) is 0 Å². The molecule has 5 heteroatoms. The predicted octanol–water partition coefficient (Wildman–Crippen LogP) is 2.79. The van der Waals surface area contributed by atoms with E-state index in [1.165, 1.54) is 0 Å². The van der Waals surface area contributed by atoms with E-state index >= 15 is 0 Å². The Morgan fingerprint density at radius 3 is 2.67 bits per heavy atom. The largest absolute Gasteiger partial charge is 0.481 e. The van der Waals surface area contributed by atoms with E-state index in [0.717, 1.165) is 29.9 Å². The summed E-state index contributed by atoms with van der Waals surface area (Å²) >= 11 is 0. The first-order valence-corrected chi connectivity index (χ1v) is 7.12. The minimum absolute atomic E-state index is 0.583. The highest BCUT2D eigenvalue weighted by atomic mass is 16.5. The van der Waals surface area contributed by atoms with Crippen molar-refractivity contribution in [1.82, 2.24) is 9.97 Å². The Kier molecular flexibility index (Phi) is 4.98. The fourth-order valence-electron chi connectivity index (χ4n) is 2.17. The summed E-state index contributed by atoms with van der Waals surface area (Å²) in [7, 11) is 1.62. The molecular weight excluding hydrogens is 264 g/mol. The van der Waals surface area contributed by atoms with Crippen molar-refractivity contribution in [2.75, 3.05) is 24.3 Å². The van der Waals surface area contributed by atoms with E-state index in [1.807, 2.05) is 37.3 Å². The van der Waals surface area contributed by atoms with E-state index in [4.69, 9.17) is 10.5 Å². The van der Waals surface area contributed by atoms with Crippen LogP contribution in [0.5, 0.6) is 5.88 Å². The van der Waals surface area contributed by atoms with Crippen molar-refractivity contribution in [3.8, 4) is 5.88 Å². The van der Waals surface area contributed by atoms with Crippen LogP contribution in [0.3, 0.4) is 0 Å². The highest BCUT2D eigenvalue weighted by molar-refractivity contribution is 5.48. The van der Waals surface area contributed by atoms with Gasteiger partial charge in [0.25, 0.3) is 0 Å². The maximum Gasteiger partial charge on any atom is 0.229 e. The third kappa shape index (κ3) is 3.84. The minimum atomic E-state index is 0.583. The Balaban J connectivity index is 2.30. The zero-order chi connectivity index (χ0) is 15.2. The molecule has 0 spiro atoms. The Hall–Kier alpha value is -2.30. The van der Waals surface area contributed by atoms with Crippen LogP contribution < -0.4 is 15.4 Å². The second-order valence-electron chi connectivity index (χ2n) is 4.97. The van der Waals surface area contributed by atoms with Crippen molar-refractivity contribution in [1.29, 1.82) is 0 Å². The number of nitrogen functional groups attached to an aromatic ring is 1. The highest BCUT2D eigenvalue weighted by Gasteiger charge is 2.13. The standard InChI is InChI=1S/C16H22N4O/c1-4-9-20(11-13-7-5-6-8-14(13)17)16-18-12(2)10-15(19-16)21-3/h5-8,10H,4,9,11,17H2,1-3H3. The van der Waals surface area contributed by atoms with Gasteiger partial charge < -0.3 is 15.4 Å². The van der Waals surface area contributed by atoms with Gasteiger partial charge in [-0.05, 0) is 25.0 Å². The maximum absolute atomic E-state index is 6.04. The molecule has 0 saturated carbocycles. The molecule has 1 aromatic carbocycles. The SMILES string of the molecule is CCCN(Cc1ccccc1N)c1nc(C)cc(OC)n1. The molecule has 2 N–H and O–H groups in total. The number of aryl methyl sites for hydroxylation is 1. The van der Waals surface area contributed by atoms with Crippen molar-refractivity contribution in [2.45, 2.75) is 26.8 Å². The van der Waals surface area contributed by atoms with E-state index < -0.39 is 0 Å². The van der Waals surface area contributed by atoms with Crippen LogP contribution in [0.2, 0.25) is 0 Å². The number of rotatable bonds is 6. The Morgan fingerprint density at radius 2 is 2.00 bits per heavy atom. The number of ether oxygens (including phenoxy) is 1. The van der Waals surface area contributed by atoms with Gasteiger partial charge in [0.1, 0.15) is 0 Å². The molecule has 0 aliphatic rings. The van der Waals surface area contributed by atoms with Crippen molar-refractivity contribution in [2.24, 2.45) is 0 Å². The normalized spacial score (nSPS) is 10.4.